The van der Waals surface area contributed by atoms with Crippen LogP contribution in [-0.4, -0.2) is 28.5 Å². The first-order valence-electron chi connectivity index (χ1n) is 7.71. The fraction of sp³-hybridized carbons (Fsp3) is 1.00. The Hall–Kier alpha value is 0.250. The summed E-state index contributed by atoms with van der Waals surface area (Å²) in [6.45, 7) is 6.47. The molecule has 1 saturated carbocycles. The molecule has 1 rings (SSSR count). The van der Waals surface area contributed by atoms with Crippen molar-refractivity contribution in [3.63, 3.8) is 0 Å². The molecule has 0 aromatic heterocycles. The topological polar surface area (TPSA) is 58.6 Å². The molecule has 4 nitrogen and oxygen atoms in total. The third kappa shape index (κ3) is 8.52. The minimum atomic E-state index is -3.45. The second-order valence-electron chi connectivity index (χ2n) is 6.15. The van der Waals surface area contributed by atoms with Crippen LogP contribution in [0.3, 0.4) is 0 Å². The molecule has 0 amide bonds. The second-order valence-corrected chi connectivity index (χ2v) is 8.51. The molecule has 2 N–H and O–H groups in total. The molecule has 1 unspecified atom stereocenters. The molecular formula is C14H29NO3S2. The maximum Gasteiger partial charge on any atom is 0.266 e. The van der Waals surface area contributed by atoms with Crippen molar-refractivity contribution < 1.29 is 12.9 Å². The predicted octanol–water partition coefficient (Wildman–Crippen LogP) is 2.97. The molecule has 1 aliphatic carbocycles. The Bertz CT molecular complexity index is 359. The molecule has 0 radical (unpaired) electrons. The highest BCUT2D eigenvalue weighted by Crippen LogP contribution is 2.36. The lowest BCUT2D eigenvalue weighted by molar-refractivity contribution is 0.189. The van der Waals surface area contributed by atoms with Gasteiger partial charge < -0.3 is 5.32 Å². The van der Waals surface area contributed by atoms with Crippen molar-refractivity contribution >= 4 is 20.2 Å². The highest BCUT2D eigenvalue weighted by molar-refractivity contribution is 8.27. The van der Waals surface area contributed by atoms with E-state index in [4.69, 9.17) is 4.55 Å². The number of nitrogens with one attached hydrogen (secondary N) is 1. The molecule has 1 fully saturated rings. The van der Waals surface area contributed by atoms with Crippen molar-refractivity contribution in [1.29, 1.82) is 0 Å². The first kappa shape index (κ1) is 18.3. The van der Waals surface area contributed by atoms with Crippen molar-refractivity contribution in [2.24, 2.45) is 17.8 Å². The third-order valence-corrected chi connectivity index (χ3v) is 5.07. The van der Waals surface area contributed by atoms with Crippen LogP contribution in [-0.2, 0) is 24.4 Å². The van der Waals surface area contributed by atoms with Gasteiger partial charge in [0.1, 0.15) is 0 Å². The van der Waals surface area contributed by atoms with Crippen LogP contribution in [0.15, 0.2) is 0 Å². The standard InChI is InChI=1S/C14H29NO3S2/c1-12-6-7-13(2)14(11-12)5-3-4-8-15-9-10-18-20(16,17)19/h12-15H,3-11H2,1-2H3,(H,16,17,19)/t12-,13-,14+/m1/s1. The fourth-order valence-electron chi connectivity index (χ4n) is 3.05. The lowest BCUT2D eigenvalue weighted by atomic mass is 9.73. The maximum atomic E-state index is 10.7. The molecule has 20 heavy (non-hydrogen) atoms. The van der Waals surface area contributed by atoms with Crippen molar-refractivity contribution in [3.05, 3.63) is 0 Å². The Kier molecular flexibility index (Phi) is 8.51. The molecule has 1 aliphatic rings. The first-order valence-corrected chi connectivity index (χ1v) is 10.1. The van der Waals surface area contributed by atoms with Gasteiger partial charge in [-0.1, -0.05) is 39.5 Å². The van der Waals surface area contributed by atoms with E-state index in [2.05, 4.69) is 34.5 Å². The number of unbranched alkanes of at least 4 members (excludes halogenated alkanes) is 1. The number of hydrogen-bond acceptors (Lipinski definition) is 4. The van der Waals surface area contributed by atoms with Crippen LogP contribution in [0.1, 0.15) is 52.4 Å². The van der Waals surface area contributed by atoms with Gasteiger partial charge in [-0.2, -0.15) is 4.21 Å². The Labute approximate surface area is 128 Å². The van der Waals surface area contributed by atoms with Crippen LogP contribution in [0.5, 0.6) is 0 Å². The van der Waals surface area contributed by atoms with Crippen molar-refractivity contribution in [2.75, 3.05) is 19.7 Å². The van der Waals surface area contributed by atoms with E-state index < -0.39 is 9.05 Å². The summed E-state index contributed by atoms with van der Waals surface area (Å²) in [7, 11) is -3.45. The van der Waals surface area contributed by atoms with Crippen molar-refractivity contribution in [2.45, 2.75) is 52.4 Å². The van der Waals surface area contributed by atoms with Gasteiger partial charge in [0.15, 0.2) is 0 Å². The molecule has 0 aliphatic heterocycles. The maximum absolute atomic E-state index is 10.7. The Morgan fingerprint density at radius 2 is 2.05 bits per heavy atom. The molecule has 0 saturated heterocycles. The lowest BCUT2D eigenvalue weighted by Gasteiger charge is -2.32. The smallest absolute Gasteiger partial charge is 0.266 e. The normalized spacial score (nSPS) is 30.1. The van der Waals surface area contributed by atoms with Gasteiger partial charge in [-0.25, -0.2) is 0 Å². The van der Waals surface area contributed by atoms with Crippen molar-refractivity contribution in [3.8, 4) is 0 Å². The summed E-state index contributed by atoms with van der Waals surface area (Å²) in [6, 6.07) is 0. The molecule has 0 heterocycles. The highest BCUT2D eigenvalue weighted by Gasteiger charge is 2.24. The second kappa shape index (κ2) is 9.30. The van der Waals surface area contributed by atoms with E-state index in [0.717, 1.165) is 30.7 Å². The summed E-state index contributed by atoms with van der Waals surface area (Å²) < 4.78 is 24.0. The minimum absolute atomic E-state index is 0.190. The Balaban J connectivity index is 1.96. The summed E-state index contributed by atoms with van der Waals surface area (Å²) in [6.07, 6.45) is 7.93. The summed E-state index contributed by atoms with van der Waals surface area (Å²) >= 11 is 4.23. The van der Waals surface area contributed by atoms with Crippen LogP contribution in [0.4, 0.5) is 0 Å². The van der Waals surface area contributed by atoms with E-state index in [-0.39, 0.29) is 6.61 Å². The monoisotopic (exact) mass is 323 g/mol. The van der Waals surface area contributed by atoms with Crippen LogP contribution in [0.25, 0.3) is 0 Å². The van der Waals surface area contributed by atoms with Gasteiger partial charge in [0.25, 0.3) is 9.05 Å². The van der Waals surface area contributed by atoms with E-state index in [9.17, 15) is 4.21 Å². The van der Waals surface area contributed by atoms with Gasteiger partial charge in [-0.05, 0) is 37.1 Å². The summed E-state index contributed by atoms with van der Waals surface area (Å²) in [5.74, 6) is 2.69. The van der Waals surface area contributed by atoms with Crippen LogP contribution >= 0.6 is 0 Å². The number of hydrogen-bond donors (Lipinski definition) is 2. The Morgan fingerprint density at radius 1 is 1.30 bits per heavy atom. The minimum Gasteiger partial charge on any atom is -0.314 e. The summed E-state index contributed by atoms with van der Waals surface area (Å²) in [5.41, 5.74) is 0. The zero-order chi connectivity index (χ0) is 15.0. The van der Waals surface area contributed by atoms with Crippen LogP contribution in [0.2, 0.25) is 0 Å². The van der Waals surface area contributed by atoms with Gasteiger partial charge in [0.2, 0.25) is 0 Å². The first-order chi connectivity index (χ1) is 9.38. The average Bonchev–Trinajstić information content (AvgIpc) is 2.35. The molecule has 0 aromatic carbocycles. The van der Waals surface area contributed by atoms with Crippen LogP contribution < -0.4 is 5.32 Å². The molecular weight excluding hydrogens is 294 g/mol. The molecule has 0 bridgehead atoms. The van der Waals surface area contributed by atoms with E-state index in [1.54, 1.807) is 0 Å². The van der Waals surface area contributed by atoms with Gasteiger partial charge in [-0.3, -0.25) is 8.74 Å². The van der Waals surface area contributed by atoms with Gasteiger partial charge in [0.05, 0.1) is 6.61 Å². The molecule has 0 spiro atoms. The molecule has 6 heteroatoms. The predicted molar refractivity (Wildman–Crippen MR) is 86.5 cm³/mol. The number of rotatable bonds is 9. The summed E-state index contributed by atoms with van der Waals surface area (Å²) in [5, 5.41) is 3.21. The zero-order valence-corrected chi connectivity index (χ0v) is 14.3. The molecule has 120 valence electrons. The van der Waals surface area contributed by atoms with Gasteiger partial charge in [0, 0.05) is 17.7 Å². The van der Waals surface area contributed by atoms with Crippen molar-refractivity contribution in [1.82, 2.24) is 5.32 Å². The van der Waals surface area contributed by atoms with Gasteiger partial charge in [-0.15, -0.1) is 0 Å². The lowest BCUT2D eigenvalue weighted by Crippen LogP contribution is -2.23. The molecule has 0 aromatic rings. The van der Waals surface area contributed by atoms with E-state index >= 15 is 0 Å². The third-order valence-electron chi connectivity index (χ3n) is 4.31. The largest absolute Gasteiger partial charge is 0.314 e. The fourth-order valence-corrected chi connectivity index (χ4v) is 3.55. The van der Waals surface area contributed by atoms with Crippen LogP contribution in [0, 0.1) is 17.8 Å². The quantitative estimate of drug-likeness (QED) is 0.639. The summed E-state index contributed by atoms with van der Waals surface area (Å²) in [4.78, 5) is 0. The highest BCUT2D eigenvalue weighted by atomic mass is 32.9. The van der Waals surface area contributed by atoms with Gasteiger partial charge >= 0.3 is 0 Å². The van der Waals surface area contributed by atoms with E-state index in [1.165, 1.54) is 32.1 Å². The SMILES string of the molecule is C[C@@H]1CC[C@@H](C)[C@@H](CCCCNCCOS(=O)(O)=S)C1. The zero-order valence-electron chi connectivity index (χ0n) is 12.7. The van der Waals surface area contributed by atoms with E-state index in [0.29, 0.717) is 6.54 Å². The Morgan fingerprint density at radius 3 is 2.75 bits per heavy atom. The molecule has 4 atom stereocenters. The average molecular weight is 324 g/mol. The van der Waals surface area contributed by atoms with E-state index in [1.807, 2.05) is 0 Å².